The third-order valence-corrected chi connectivity index (χ3v) is 16.9. The van der Waals surface area contributed by atoms with Gasteiger partial charge >= 0.3 is 61.8 Å². The van der Waals surface area contributed by atoms with Crippen molar-refractivity contribution in [3.63, 3.8) is 0 Å². The zero-order chi connectivity index (χ0) is 76.3. The van der Waals surface area contributed by atoms with E-state index in [9.17, 15) is 111 Å². The molecule has 3 nitrogen and oxygen atoms in total. The molecule has 0 unspecified atom stereocenters. The van der Waals surface area contributed by atoms with Crippen LogP contribution in [0.4, 0.5) is 132 Å². The second-order valence-electron chi connectivity index (χ2n) is 23.5. The largest absolute Gasteiger partial charge is 0.417 e. The summed E-state index contributed by atoms with van der Waals surface area (Å²) in [7, 11) is 0. The van der Waals surface area contributed by atoms with Crippen molar-refractivity contribution in [2.24, 2.45) is 0 Å². The third-order valence-electron chi connectivity index (χ3n) is 16.9. The van der Waals surface area contributed by atoms with E-state index in [4.69, 9.17) is 0 Å². The van der Waals surface area contributed by atoms with Gasteiger partial charge < -0.3 is 9.13 Å². The SMILES string of the molecule is N#Cc1cc(-n2c3cc(-c4cc(C(F)(F)F)cc(C(F)(F)F)c4)ccc3c3ccc(-c4cc(C(F)(F)F)cc(C(F)(F)F)c4)cc32)c(-c2c(C(F)(F)F)cccc2C(F)(F)F)cc1-n1c2cc(-c3cc(C(F)(F)F)cc(C(F)(F)F)c3)ccc2c2ccc(-c3cc(C(F)(F)F)cc(C(F)(F)F)c3)cc21. The van der Waals surface area contributed by atoms with E-state index >= 15 is 26.3 Å². The number of hydrogen-bond acceptors (Lipinski definition) is 1. The smallest absolute Gasteiger partial charge is 0.309 e. The van der Waals surface area contributed by atoms with Crippen molar-refractivity contribution >= 4 is 43.6 Å². The Bertz CT molecular complexity index is 5110. The second-order valence-corrected chi connectivity index (χ2v) is 23.5. The summed E-state index contributed by atoms with van der Waals surface area (Å²) in [5.74, 6) is 0. The fourth-order valence-corrected chi connectivity index (χ4v) is 12.3. The summed E-state index contributed by atoms with van der Waals surface area (Å²) in [5.41, 5.74) is -36.1. The second kappa shape index (κ2) is 24.1. The van der Waals surface area contributed by atoms with Gasteiger partial charge in [0.2, 0.25) is 0 Å². The molecule has 0 aliphatic heterocycles. The molecule has 0 N–H and O–H groups in total. The van der Waals surface area contributed by atoms with Crippen molar-refractivity contribution < 1.29 is 132 Å². The summed E-state index contributed by atoms with van der Waals surface area (Å²) in [6.45, 7) is 0. The molecule has 0 aliphatic carbocycles. The molecule has 0 atom stereocenters. The Hall–Kier alpha value is -10.8. The predicted molar refractivity (Wildman–Crippen MR) is 317 cm³/mol. The number of halogens is 30. The van der Waals surface area contributed by atoms with Crippen LogP contribution in [0, 0.1) is 11.3 Å². The quantitative estimate of drug-likeness (QED) is 0.146. The van der Waals surface area contributed by atoms with Crippen molar-refractivity contribution in [3.05, 3.63) is 237 Å². The minimum atomic E-state index is -5.99. The molecule has 0 amide bonds. The molecule has 2 heterocycles. The monoisotopic (exact) mass is 1490 g/mol. The van der Waals surface area contributed by atoms with Gasteiger partial charge in [0, 0.05) is 32.7 Å². The van der Waals surface area contributed by atoms with Gasteiger partial charge in [0.25, 0.3) is 0 Å². The maximum Gasteiger partial charge on any atom is 0.417 e. The highest BCUT2D eigenvalue weighted by Gasteiger charge is 2.45. The lowest BCUT2D eigenvalue weighted by Gasteiger charge is -2.24. The van der Waals surface area contributed by atoms with Gasteiger partial charge in [0.05, 0.1) is 94.6 Å². The maximum atomic E-state index is 16.0. The highest BCUT2D eigenvalue weighted by atomic mass is 19.4. The molecule has 10 aromatic carbocycles. The molecule has 0 saturated carbocycles. The lowest BCUT2D eigenvalue weighted by atomic mass is 9.90. The lowest BCUT2D eigenvalue weighted by Crippen LogP contribution is -2.15. The van der Waals surface area contributed by atoms with Gasteiger partial charge in [-0.2, -0.15) is 137 Å². The summed E-state index contributed by atoms with van der Waals surface area (Å²) in [6.07, 6.45) is -56.5. The topological polar surface area (TPSA) is 33.6 Å². The fourth-order valence-electron chi connectivity index (χ4n) is 12.3. The average Bonchev–Trinajstić information content (AvgIpc) is 1.51. The van der Waals surface area contributed by atoms with Crippen molar-refractivity contribution in [1.82, 2.24) is 9.13 Å². The molecule has 0 saturated heterocycles. The number of alkyl halides is 30. The van der Waals surface area contributed by atoms with E-state index in [0.29, 0.717) is 33.4 Å². The third kappa shape index (κ3) is 13.6. The van der Waals surface area contributed by atoms with Crippen LogP contribution in [0.25, 0.3) is 111 Å². The predicted octanol–water partition coefficient (Wildman–Crippen LogP) is 26.3. The van der Waals surface area contributed by atoms with Crippen LogP contribution in [-0.2, 0) is 61.8 Å². The van der Waals surface area contributed by atoms with E-state index in [-0.39, 0.29) is 113 Å². The van der Waals surface area contributed by atoms with E-state index in [1.54, 1.807) is 6.07 Å². The first-order valence-electron chi connectivity index (χ1n) is 29.0. The van der Waals surface area contributed by atoms with Crippen LogP contribution in [0.2, 0.25) is 0 Å². The summed E-state index contributed by atoms with van der Waals surface area (Å²) in [4.78, 5) is 0. The Kier molecular flexibility index (Phi) is 16.9. The van der Waals surface area contributed by atoms with Gasteiger partial charge in [-0.1, -0.05) is 54.6 Å². The molecule has 0 bridgehead atoms. The van der Waals surface area contributed by atoms with Crippen LogP contribution < -0.4 is 0 Å². The number of rotatable bonds is 7. The Labute approximate surface area is 560 Å². The molecular weight excluding hydrogens is 1460 g/mol. The first-order valence-corrected chi connectivity index (χ1v) is 29.0. The van der Waals surface area contributed by atoms with Crippen LogP contribution in [-0.4, -0.2) is 9.13 Å². The van der Waals surface area contributed by atoms with E-state index in [1.165, 1.54) is 0 Å². The number of hydrogen-bond donors (Lipinski definition) is 0. The zero-order valence-corrected chi connectivity index (χ0v) is 50.4. The number of fused-ring (bicyclic) bond motifs is 6. The van der Waals surface area contributed by atoms with Crippen LogP contribution in [0.1, 0.15) is 61.2 Å². The Morgan fingerprint density at radius 3 is 0.673 bits per heavy atom. The summed E-state index contributed by atoms with van der Waals surface area (Å²) in [6, 6.07) is 13.1. The lowest BCUT2D eigenvalue weighted by molar-refractivity contribution is -0.144. The summed E-state index contributed by atoms with van der Waals surface area (Å²) < 4.78 is 444. The highest BCUT2D eigenvalue weighted by molar-refractivity contribution is 6.13. The first kappa shape index (κ1) is 73.0. The molecule has 0 radical (unpaired) electrons. The molecule has 12 aromatic rings. The molecule has 0 fully saturated rings. The molecule has 12 rings (SSSR count). The normalized spacial score (nSPS) is 13.5. The molecule has 0 aliphatic rings. The first-order chi connectivity index (χ1) is 47.8. The zero-order valence-electron chi connectivity index (χ0n) is 50.4. The van der Waals surface area contributed by atoms with Gasteiger partial charge in [-0.15, -0.1) is 0 Å². The number of aromatic nitrogens is 2. The van der Waals surface area contributed by atoms with Crippen LogP contribution in [0.5, 0.6) is 0 Å². The molecule has 104 heavy (non-hydrogen) atoms. The fraction of sp³-hybridized carbons (Fsp3) is 0.141. The van der Waals surface area contributed by atoms with Crippen molar-refractivity contribution in [1.29, 1.82) is 5.26 Å². The van der Waals surface area contributed by atoms with Gasteiger partial charge in [0.15, 0.2) is 0 Å². The number of nitriles is 1. The van der Waals surface area contributed by atoms with Crippen molar-refractivity contribution in [2.75, 3.05) is 0 Å². The number of benzene rings is 10. The van der Waals surface area contributed by atoms with Gasteiger partial charge in [-0.25, -0.2) is 0 Å². The van der Waals surface area contributed by atoms with E-state index in [1.807, 2.05) is 0 Å². The van der Waals surface area contributed by atoms with Gasteiger partial charge in [0.1, 0.15) is 6.07 Å². The Morgan fingerprint density at radius 2 is 0.462 bits per heavy atom. The standard InChI is InChI=1S/C71H29F30N3/c72-62(73,74)40-12-35(13-41(25-40)63(75,76)77)31-4-8-48-49-9-5-32(36-14-42(64(78,79)80)26-43(15-36)65(81,82)83)21-57(49)103(56(48)20-31)55-29-52(61-53(70(96,97)98)2-1-3-54(61)71(99,100)101)60(24-39(55)30-102)104-58-22-33(37-16-44(66(84,85)86)27-45(17-37)67(87,88)89)6-10-50(58)51-11-7-34(23-59(51)104)38-18-46(68(90,91)92)28-47(19-38)69(93,94)95/h1-29H. The van der Waals surface area contributed by atoms with E-state index in [0.717, 1.165) is 60.7 Å². The van der Waals surface area contributed by atoms with Gasteiger partial charge in [-0.3, -0.25) is 0 Å². The summed E-state index contributed by atoms with van der Waals surface area (Å²) in [5, 5.41) is 10.1. The summed E-state index contributed by atoms with van der Waals surface area (Å²) >= 11 is 0. The molecular formula is C71H29F30N3. The number of nitrogens with zero attached hydrogens (tertiary/aromatic N) is 3. The van der Waals surface area contributed by atoms with E-state index in [2.05, 4.69) is 0 Å². The Balaban J connectivity index is 1.29. The van der Waals surface area contributed by atoms with Gasteiger partial charge in [-0.05, 0) is 166 Å². The minimum absolute atomic E-state index is 0.0552. The maximum absolute atomic E-state index is 16.0. The van der Waals surface area contributed by atoms with Crippen LogP contribution >= 0.6 is 0 Å². The Morgan fingerprint density at radius 1 is 0.231 bits per heavy atom. The van der Waals surface area contributed by atoms with Crippen molar-refractivity contribution in [3.8, 4) is 73.1 Å². The van der Waals surface area contributed by atoms with Crippen LogP contribution in [0.15, 0.2) is 176 Å². The highest BCUT2D eigenvalue weighted by Crippen LogP contribution is 2.52. The minimum Gasteiger partial charge on any atom is -0.309 e. The van der Waals surface area contributed by atoms with Crippen LogP contribution in [0.3, 0.4) is 0 Å². The van der Waals surface area contributed by atoms with Crippen molar-refractivity contribution in [2.45, 2.75) is 61.8 Å². The molecule has 0 spiro atoms. The van der Waals surface area contributed by atoms with E-state index < -0.39 is 212 Å². The molecule has 33 heteroatoms. The molecule has 2 aromatic heterocycles. The molecule has 538 valence electrons. The average molecular weight is 1490 g/mol.